The number of hydrogen-bond donors (Lipinski definition) is 2. The van der Waals surface area contributed by atoms with Crippen LogP contribution in [0.3, 0.4) is 0 Å². The van der Waals surface area contributed by atoms with Crippen LogP contribution in [-0.2, 0) is 0 Å². The zero-order chi connectivity index (χ0) is 17.0. The van der Waals surface area contributed by atoms with E-state index in [-0.39, 0.29) is 0 Å². The van der Waals surface area contributed by atoms with E-state index in [2.05, 4.69) is 0 Å². The minimum atomic E-state index is 0.336. The zero-order valence-corrected chi connectivity index (χ0v) is 15.6. The second-order valence-electron chi connectivity index (χ2n) is 5.81. The fourth-order valence-electron chi connectivity index (χ4n) is 2.38. The van der Waals surface area contributed by atoms with Crippen LogP contribution in [-0.4, -0.2) is 21.7 Å². The van der Waals surface area contributed by atoms with Gasteiger partial charge < -0.3 is 10.2 Å². The Hall–Kier alpha value is -1.26. The van der Waals surface area contributed by atoms with Crippen molar-refractivity contribution >= 4 is 23.5 Å². The topological polar surface area (TPSA) is 40.5 Å². The summed E-state index contributed by atoms with van der Waals surface area (Å²) < 4.78 is 0. The second-order valence-corrected chi connectivity index (χ2v) is 8.14. The van der Waals surface area contributed by atoms with E-state index in [1.807, 2.05) is 47.8 Å². The first-order chi connectivity index (χ1) is 11.7. The molecule has 0 heterocycles. The summed E-state index contributed by atoms with van der Waals surface area (Å²) in [7, 11) is 0. The predicted molar refractivity (Wildman–Crippen MR) is 105 cm³/mol. The lowest BCUT2D eigenvalue weighted by Gasteiger charge is -2.04. The summed E-state index contributed by atoms with van der Waals surface area (Å²) in [6.07, 6.45) is 7.76. The molecule has 2 aromatic carbocycles. The molecule has 0 bridgehead atoms. The Morgan fingerprint density at radius 1 is 0.500 bits per heavy atom. The van der Waals surface area contributed by atoms with Crippen LogP contribution in [0.2, 0.25) is 0 Å². The van der Waals surface area contributed by atoms with Gasteiger partial charge in [-0.2, -0.15) is 0 Å². The first-order valence-corrected chi connectivity index (χ1v) is 10.5. The van der Waals surface area contributed by atoms with Crippen LogP contribution < -0.4 is 0 Å². The monoisotopic (exact) mass is 362 g/mol. The molecule has 0 aliphatic carbocycles. The van der Waals surface area contributed by atoms with Crippen molar-refractivity contribution in [1.82, 2.24) is 0 Å². The van der Waals surface area contributed by atoms with Gasteiger partial charge in [0.25, 0.3) is 0 Å². The highest BCUT2D eigenvalue weighted by Gasteiger charge is 1.97. The standard InChI is InChI=1S/C20H26O2S2/c21-17-7-11-19(12-8-17)23-15-5-3-1-2-4-6-16-24-20-13-9-18(22)10-14-20/h7-14,21-22H,1-6,15-16H2. The number of thioether (sulfide) groups is 2. The Morgan fingerprint density at radius 3 is 1.21 bits per heavy atom. The van der Waals surface area contributed by atoms with E-state index in [4.69, 9.17) is 0 Å². The van der Waals surface area contributed by atoms with Gasteiger partial charge in [-0.1, -0.05) is 25.7 Å². The molecule has 24 heavy (non-hydrogen) atoms. The minimum Gasteiger partial charge on any atom is -0.508 e. The van der Waals surface area contributed by atoms with Crippen LogP contribution >= 0.6 is 23.5 Å². The summed E-state index contributed by atoms with van der Waals surface area (Å²) in [5.74, 6) is 2.98. The van der Waals surface area contributed by atoms with Crippen LogP contribution in [0.4, 0.5) is 0 Å². The van der Waals surface area contributed by atoms with E-state index >= 15 is 0 Å². The molecule has 0 amide bonds. The van der Waals surface area contributed by atoms with Crippen molar-refractivity contribution in [3.63, 3.8) is 0 Å². The van der Waals surface area contributed by atoms with Crippen molar-refractivity contribution in [2.75, 3.05) is 11.5 Å². The quantitative estimate of drug-likeness (QED) is 0.362. The van der Waals surface area contributed by atoms with E-state index in [9.17, 15) is 10.2 Å². The number of rotatable bonds is 11. The maximum absolute atomic E-state index is 9.24. The second kappa shape index (κ2) is 11.3. The van der Waals surface area contributed by atoms with E-state index in [1.54, 1.807) is 24.3 Å². The molecule has 0 unspecified atom stereocenters. The summed E-state index contributed by atoms with van der Waals surface area (Å²) >= 11 is 3.73. The van der Waals surface area contributed by atoms with E-state index < -0.39 is 0 Å². The maximum atomic E-state index is 9.24. The first-order valence-electron chi connectivity index (χ1n) is 8.58. The molecule has 0 spiro atoms. The lowest BCUT2D eigenvalue weighted by molar-refractivity contribution is 0.474. The van der Waals surface area contributed by atoms with Gasteiger partial charge in [0.15, 0.2) is 0 Å². The highest BCUT2D eigenvalue weighted by Crippen LogP contribution is 2.23. The molecule has 0 aliphatic rings. The smallest absolute Gasteiger partial charge is 0.115 e. The van der Waals surface area contributed by atoms with Gasteiger partial charge in [-0.05, 0) is 72.9 Å². The predicted octanol–water partition coefficient (Wildman–Crippen LogP) is 6.32. The SMILES string of the molecule is Oc1ccc(SCCCCCCCCSc2ccc(O)cc2)cc1. The molecule has 2 nitrogen and oxygen atoms in total. The lowest BCUT2D eigenvalue weighted by atomic mass is 10.1. The molecule has 0 atom stereocenters. The third kappa shape index (κ3) is 8.02. The van der Waals surface area contributed by atoms with Crippen molar-refractivity contribution < 1.29 is 10.2 Å². The molecule has 0 saturated heterocycles. The van der Waals surface area contributed by atoms with E-state index in [1.165, 1.54) is 48.3 Å². The van der Waals surface area contributed by atoms with Crippen LogP contribution in [0.5, 0.6) is 11.5 Å². The van der Waals surface area contributed by atoms with Crippen molar-refractivity contribution in [2.24, 2.45) is 0 Å². The Kier molecular flexibility index (Phi) is 9.00. The van der Waals surface area contributed by atoms with Gasteiger partial charge in [0.05, 0.1) is 0 Å². The summed E-state index contributed by atoms with van der Waals surface area (Å²) in [6, 6.07) is 14.9. The van der Waals surface area contributed by atoms with Crippen LogP contribution in [0, 0.1) is 0 Å². The molecule has 4 heteroatoms. The van der Waals surface area contributed by atoms with Gasteiger partial charge in [-0.3, -0.25) is 0 Å². The molecule has 0 fully saturated rings. The largest absolute Gasteiger partial charge is 0.508 e. The Balaban J connectivity index is 1.40. The van der Waals surface area contributed by atoms with Crippen molar-refractivity contribution in [3.8, 4) is 11.5 Å². The van der Waals surface area contributed by atoms with Crippen molar-refractivity contribution in [1.29, 1.82) is 0 Å². The number of unbranched alkanes of at least 4 members (excludes halogenated alkanes) is 5. The third-order valence-electron chi connectivity index (χ3n) is 3.75. The van der Waals surface area contributed by atoms with Gasteiger partial charge in [0.2, 0.25) is 0 Å². The van der Waals surface area contributed by atoms with Gasteiger partial charge in [-0.25, -0.2) is 0 Å². The summed E-state index contributed by atoms with van der Waals surface area (Å²) in [6.45, 7) is 0. The number of phenols is 2. The van der Waals surface area contributed by atoms with Crippen molar-refractivity contribution in [3.05, 3.63) is 48.5 Å². The van der Waals surface area contributed by atoms with Crippen LogP contribution in [0.1, 0.15) is 38.5 Å². The summed E-state index contributed by atoms with van der Waals surface area (Å²) in [5.41, 5.74) is 0. The Morgan fingerprint density at radius 2 is 0.833 bits per heavy atom. The number of benzene rings is 2. The lowest BCUT2D eigenvalue weighted by Crippen LogP contribution is -1.85. The Bertz CT molecular complexity index is 514. The number of aromatic hydroxyl groups is 2. The van der Waals surface area contributed by atoms with Gasteiger partial charge in [-0.15, -0.1) is 23.5 Å². The highest BCUT2D eigenvalue weighted by molar-refractivity contribution is 7.99. The third-order valence-corrected chi connectivity index (χ3v) is 5.95. The normalized spacial score (nSPS) is 10.8. The molecule has 0 aliphatic heterocycles. The average molecular weight is 363 g/mol. The van der Waals surface area contributed by atoms with Gasteiger partial charge >= 0.3 is 0 Å². The van der Waals surface area contributed by atoms with Crippen LogP contribution in [0.15, 0.2) is 58.3 Å². The number of phenolic OH excluding ortho intramolecular Hbond substituents is 2. The number of hydrogen-bond acceptors (Lipinski definition) is 4. The fourth-order valence-corrected chi connectivity index (χ4v) is 4.20. The zero-order valence-electron chi connectivity index (χ0n) is 14.0. The average Bonchev–Trinajstić information content (AvgIpc) is 2.60. The molecule has 0 radical (unpaired) electrons. The molecule has 2 aromatic rings. The maximum Gasteiger partial charge on any atom is 0.115 e. The summed E-state index contributed by atoms with van der Waals surface area (Å²) in [4.78, 5) is 2.47. The molecule has 130 valence electrons. The molecule has 0 aromatic heterocycles. The molecule has 0 saturated carbocycles. The van der Waals surface area contributed by atoms with E-state index in [0.717, 1.165) is 11.5 Å². The molecular weight excluding hydrogens is 336 g/mol. The molecule has 2 rings (SSSR count). The summed E-state index contributed by atoms with van der Waals surface area (Å²) in [5, 5.41) is 18.5. The Labute approximate surface area is 153 Å². The van der Waals surface area contributed by atoms with Gasteiger partial charge in [0.1, 0.15) is 11.5 Å². The van der Waals surface area contributed by atoms with Crippen molar-refractivity contribution in [2.45, 2.75) is 48.3 Å². The van der Waals surface area contributed by atoms with Crippen LogP contribution in [0.25, 0.3) is 0 Å². The fraction of sp³-hybridized carbons (Fsp3) is 0.400. The molecular formula is C20H26O2S2. The highest BCUT2D eigenvalue weighted by atomic mass is 32.2. The first kappa shape index (κ1) is 19.1. The van der Waals surface area contributed by atoms with E-state index in [0.29, 0.717) is 11.5 Å². The minimum absolute atomic E-state index is 0.336. The molecule has 2 N–H and O–H groups in total. The van der Waals surface area contributed by atoms with Gasteiger partial charge in [0, 0.05) is 9.79 Å².